The van der Waals surface area contributed by atoms with Crippen molar-refractivity contribution < 1.29 is 9.59 Å². The number of carbonyl (C=O) groups is 2. The van der Waals surface area contributed by atoms with Crippen molar-refractivity contribution in [3.63, 3.8) is 0 Å². The van der Waals surface area contributed by atoms with Crippen LogP contribution >= 0.6 is 11.5 Å². The van der Waals surface area contributed by atoms with Crippen LogP contribution in [0.2, 0.25) is 0 Å². The van der Waals surface area contributed by atoms with E-state index in [1.54, 1.807) is 23.7 Å². The van der Waals surface area contributed by atoms with Crippen LogP contribution in [0.15, 0.2) is 48.0 Å². The van der Waals surface area contributed by atoms with Crippen molar-refractivity contribution in [3.8, 4) is 0 Å². The van der Waals surface area contributed by atoms with E-state index in [0.717, 1.165) is 29.1 Å². The van der Waals surface area contributed by atoms with Crippen molar-refractivity contribution in [3.05, 3.63) is 70.5 Å². The lowest BCUT2D eigenvalue weighted by atomic mass is 9.99. The molecule has 0 radical (unpaired) electrons. The van der Waals surface area contributed by atoms with E-state index in [2.05, 4.69) is 19.9 Å². The van der Waals surface area contributed by atoms with Crippen LogP contribution in [0.3, 0.4) is 0 Å². The SMILES string of the molecule is CCC(C)(C)NC(=O)[C@H](c1ccccn1)N(C(=O)c1csnn1)c1cc(C)ccc1C. The number of aryl methyl sites for hydroxylation is 2. The smallest absolute Gasteiger partial charge is 0.280 e. The summed E-state index contributed by atoms with van der Waals surface area (Å²) in [5.74, 6) is -0.703. The molecule has 3 rings (SSSR count). The Balaban J connectivity index is 2.20. The highest BCUT2D eigenvalue weighted by Crippen LogP contribution is 2.32. The number of amides is 2. The Labute approximate surface area is 186 Å². The number of aromatic nitrogens is 3. The average molecular weight is 438 g/mol. The minimum atomic E-state index is -0.971. The highest BCUT2D eigenvalue weighted by molar-refractivity contribution is 7.03. The molecule has 7 nitrogen and oxygen atoms in total. The Bertz CT molecular complexity index is 1050. The van der Waals surface area contributed by atoms with Crippen LogP contribution < -0.4 is 10.2 Å². The average Bonchev–Trinajstić information content (AvgIpc) is 3.28. The van der Waals surface area contributed by atoms with Gasteiger partial charge in [0, 0.05) is 22.8 Å². The molecule has 1 N–H and O–H groups in total. The quantitative estimate of drug-likeness (QED) is 0.597. The van der Waals surface area contributed by atoms with Gasteiger partial charge < -0.3 is 5.32 Å². The maximum absolute atomic E-state index is 13.6. The zero-order valence-corrected chi connectivity index (χ0v) is 19.2. The van der Waals surface area contributed by atoms with Crippen LogP contribution in [0.25, 0.3) is 0 Å². The molecule has 1 aromatic carbocycles. The van der Waals surface area contributed by atoms with E-state index in [0.29, 0.717) is 11.4 Å². The maximum Gasteiger partial charge on any atom is 0.280 e. The molecule has 0 saturated heterocycles. The van der Waals surface area contributed by atoms with Crippen LogP contribution in [-0.4, -0.2) is 31.9 Å². The zero-order valence-electron chi connectivity index (χ0n) is 18.4. The van der Waals surface area contributed by atoms with E-state index >= 15 is 0 Å². The van der Waals surface area contributed by atoms with Crippen molar-refractivity contribution >= 4 is 29.0 Å². The first kappa shape index (κ1) is 22.6. The largest absolute Gasteiger partial charge is 0.349 e. The second-order valence-corrected chi connectivity index (χ2v) is 8.75. The lowest BCUT2D eigenvalue weighted by Crippen LogP contribution is -2.51. The van der Waals surface area contributed by atoms with Crippen molar-refractivity contribution in [2.24, 2.45) is 0 Å². The van der Waals surface area contributed by atoms with Crippen LogP contribution in [0.1, 0.15) is 60.5 Å². The second kappa shape index (κ2) is 9.34. The van der Waals surface area contributed by atoms with Gasteiger partial charge in [-0.2, -0.15) is 0 Å². The minimum Gasteiger partial charge on any atom is -0.349 e. The maximum atomic E-state index is 13.6. The lowest BCUT2D eigenvalue weighted by Gasteiger charge is -2.34. The highest BCUT2D eigenvalue weighted by atomic mass is 32.1. The fraction of sp³-hybridized carbons (Fsp3) is 0.348. The first-order chi connectivity index (χ1) is 14.7. The van der Waals surface area contributed by atoms with Gasteiger partial charge in [0.1, 0.15) is 0 Å². The van der Waals surface area contributed by atoms with E-state index in [1.807, 2.05) is 58.9 Å². The van der Waals surface area contributed by atoms with Gasteiger partial charge in [0.2, 0.25) is 5.91 Å². The van der Waals surface area contributed by atoms with Crippen LogP contribution in [-0.2, 0) is 4.79 Å². The summed E-state index contributed by atoms with van der Waals surface area (Å²) in [6, 6.07) is 10.2. The predicted molar refractivity (Wildman–Crippen MR) is 122 cm³/mol. The molecule has 2 heterocycles. The summed E-state index contributed by atoms with van der Waals surface area (Å²) in [4.78, 5) is 33.2. The first-order valence-electron chi connectivity index (χ1n) is 10.1. The third-order valence-corrected chi connectivity index (χ3v) is 5.75. The Hall–Kier alpha value is -3.13. The van der Waals surface area contributed by atoms with Crippen molar-refractivity contribution in [1.82, 2.24) is 19.9 Å². The molecule has 0 aliphatic rings. The molecule has 0 spiro atoms. The van der Waals surface area contributed by atoms with Gasteiger partial charge >= 0.3 is 0 Å². The standard InChI is InChI=1S/C23H27N5O2S/c1-6-23(4,5)25-21(29)20(17-9-7-8-12-24-17)28(22(30)18-14-31-27-26-18)19-13-15(2)10-11-16(19)3/h7-14,20H,6H2,1-5H3,(H,25,29)/t20-/m0/s1. The monoisotopic (exact) mass is 437 g/mol. The number of carbonyl (C=O) groups excluding carboxylic acids is 2. The normalized spacial score (nSPS) is 12.3. The molecule has 162 valence electrons. The van der Waals surface area contributed by atoms with Crippen LogP contribution in [0, 0.1) is 13.8 Å². The summed E-state index contributed by atoms with van der Waals surface area (Å²) in [7, 11) is 0. The predicted octanol–water partition coefficient (Wildman–Crippen LogP) is 4.24. The first-order valence-corrected chi connectivity index (χ1v) is 11.0. The molecular formula is C23H27N5O2S. The van der Waals surface area contributed by atoms with Gasteiger partial charge in [-0.25, -0.2) is 0 Å². The number of pyridine rings is 1. The molecule has 0 aliphatic carbocycles. The fourth-order valence-electron chi connectivity index (χ4n) is 3.14. The van der Waals surface area contributed by atoms with Crippen molar-refractivity contribution in [2.75, 3.05) is 4.90 Å². The Morgan fingerprint density at radius 1 is 1.19 bits per heavy atom. The van der Waals surface area contributed by atoms with Gasteiger partial charge in [-0.1, -0.05) is 29.6 Å². The second-order valence-electron chi connectivity index (χ2n) is 8.14. The third kappa shape index (κ3) is 5.14. The van der Waals surface area contributed by atoms with E-state index in [-0.39, 0.29) is 11.6 Å². The van der Waals surface area contributed by atoms with Gasteiger partial charge in [0.05, 0.1) is 5.69 Å². The Kier molecular flexibility index (Phi) is 6.80. The summed E-state index contributed by atoms with van der Waals surface area (Å²) in [5.41, 5.74) is 2.70. The summed E-state index contributed by atoms with van der Waals surface area (Å²) in [6.45, 7) is 9.78. The fourth-order valence-corrected chi connectivity index (χ4v) is 3.57. The molecule has 3 aromatic rings. The molecule has 2 amide bonds. The van der Waals surface area contributed by atoms with Gasteiger partial charge in [-0.05, 0) is 75.0 Å². The van der Waals surface area contributed by atoms with Gasteiger partial charge in [0.25, 0.3) is 5.91 Å². The number of benzene rings is 1. The Morgan fingerprint density at radius 2 is 1.97 bits per heavy atom. The third-order valence-electron chi connectivity index (χ3n) is 5.24. The molecular weight excluding hydrogens is 410 g/mol. The number of nitrogens with one attached hydrogen (secondary N) is 1. The molecule has 0 unspecified atom stereocenters. The molecule has 0 bridgehead atoms. The summed E-state index contributed by atoms with van der Waals surface area (Å²) < 4.78 is 3.84. The number of rotatable bonds is 7. The minimum absolute atomic E-state index is 0.189. The molecule has 0 aliphatic heterocycles. The van der Waals surface area contributed by atoms with Crippen molar-refractivity contribution in [2.45, 2.75) is 52.6 Å². The van der Waals surface area contributed by atoms with E-state index in [1.165, 1.54) is 4.90 Å². The number of hydrogen-bond donors (Lipinski definition) is 1. The molecule has 31 heavy (non-hydrogen) atoms. The zero-order chi connectivity index (χ0) is 22.6. The lowest BCUT2D eigenvalue weighted by molar-refractivity contribution is -0.124. The summed E-state index contributed by atoms with van der Waals surface area (Å²) >= 11 is 1.09. The molecule has 1 atom stereocenters. The topological polar surface area (TPSA) is 88.1 Å². The molecule has 2 aromatic heterocycles. The number of nitrogens with zero attached hydrogens (tertiary/aromatic N) is 4. The van der Waals surface area contributed by atoms with Gasteiger partial charge in [-0.15, -0.1) is 5.10 Å². The van der Waals surface area contributed by atoms with Crippen LogP contribution in [0.5, 0.6) is 0 Å². The number of anilines is 1. The van der Waals surface area contributed by atoms with Gasteiger partial charge in [0.15, 0.2) is 11.7 Å². The molecule has 0 fully saturated rings. The Morgan fingerprint density at radius 3 is 2.58 bits per heavy atom. The number of hydrogen-bond acceptors (Lipinski definition) is 6. The van der Waals surface area contributed by atoms with E-state index < -0.39 is 17.5 Å². The van der Waals surface area contributed by atoms with Gasteiger partial charge in [-0.3, -0.25) is 19.5 Å². The van der Waals surface area contributed by atoms with Crippen LogP contribution in [0.4, 0.5) is 5.69 Å². The summed E-state index contributed by atoms with van der Waals surface area (Å²) in [6.07, 6.45) is 2.36. The van der Waals surface area contributed by atoms with E-state index in [4.69, 9.17) is 0 Å². The highest BCUT2D eigenvalue weighted by Gasteiger charge is 2.37. The van der Waals surface area contributed by atoms with Crippen molar-refractivity contribution in [1.29, 1.82) is 0 Å². The summed E-state index contributed by atoms with van der Waals surface area (Å²) in [5, 5.41) is 8.64. The molecule has 0 saturated carbocycles. The molecule has 8 heteroatoms. The van der Waals surface area contributed by atoms with E-state index in [9.17, 15) is 9.59 Å².